The Balaban J connectivity index is 0.000000448. The number of halogens is 6. The van der Waals surface area contributed by atoms with Gasteiger partial charge in [0.1, 0.15) is 12.0 Å². The van der Waals surface area contributed by atoms with Gasteiger partial charge in [0.25, 0.3) is 5.95 Å². The van der Waals surface area contributed by atoms with Crippen LogP contribution in [0.15, 0.2) is 37.1 Å². The summed E-state index contributed by atoms with van der Waals surface area (Å²) in [7, 11) is 0. The summed E-state index contributed by atoms with van der Waals surface area (Å²) in [5.41, 5.74) is 2.21. The molecule has 0 amide bonds. The Morgan fingerprint density at radius 3 is 2.69 bits per heavy atom. The van der Waals surface area contributed by atoms with E-state index in [1.165, 1.54) is 6.33 Å². The summed E-state index contributed by atoms with van der Waals surface area (Å²) in [5.74, 6) is -6.62. The number of rotatable bonds is 5. The van der Waals surface area contributed by atoms with E-state index in [2.05, 4.69) is 31.1 Å². The average Bonchev–Trinajstić information content (AvgIpc) is 3.65. The second-order valence-electron chi connectivity index (χ2n) is 8.46. The molecule has 1 saturated heterocycles. The molecule has 16 heteroatoms. The number of carboxylic acid groups (broad SMARTS) is 1. The van der Waals surface area contributed by atoms with Crippen LogP contribution in [0.25, 0.3) is 22.3 Å². The minimum absolute atomic E-state index is 0.0607. The molecule has 0 spiro atoms. The fourth-order valence-electron chi connectivity index (χ4n) is 4.26. The van der Waals surface area contributed by atoms with Gasteiger partial charge in [0.15, 0.2) is 17.5 Å². The third kappa shape index (κ3) is 5.92. The zero-order valence-corrected chi connectivity index (χ0v) is 19.7. The van der Waals surface area contributed by atoms with E-state index in [-0.39, 0.29) is 24.2 Å². The summed E-state index contributed by atoms with van der Waals surface area (Å²) in [6.07, 6.45) is 2.49. The zero-order chi connectivity index (χ0) is 28.3. The number of alkyl halides is 3. The molecule has 1 aliphatic heterocycles. The molecule has 0 aromatic carbocycles. The van der Waals surface area contributed by atoms with Crippen molar-refractivity contribution in [3.05, 3.63) is 54.6 Å². The van der Waals surface area contributed by atoms with Crippen molar-refractivity contribution >= 4 is 22.8 Å². The number of anilines is 1. The third-order valence-electron chi connectivity index (χ3n) is 6.05. The first-order valence-electron chi connectivity index (χ1n) is 11.3. The van der Waals surface area contributed by atoms with Crippen molar-refractivity contribution in [3.63, 3.8) is 0 Å². The van der Waals surface area contributed by atoms with Crippen molar-refractivity contribution in [2.75, 3.05) is 18.0 Å². The molecular weight excluding hydrogens is 534 g/mol. The van der Waals surface area contributed by atoms with Gasteiger partial charge in [-0.15, -0.1) is 0 Å². The van der Waals surface area contributed by atoms with Crippen LogP contribution in [0.5, 0.6) is 0 Å². The van der Waals surface area contributed by atoms with Gasteiger partial charge in [-0.3, -0.25) is 4.68 Å². The summed E-state index contributed by atoms with van der Waals surface area (Å²) >= 11 is 0. The van der Waals surface area contributed by atoms with E-state index in [1.54, 1.807) is 22.0 Å². The number of hydrogen-bond donors (Lipinski definition) is 2. The Morgan fingerprint density at radius 1 is 1.26 bits per heavy atom. The minimum atomic E-state index is -5.08. The second-order valence-corrected chi connectivity index (χ2v) is 8.46. The van der Waals surface area contributed by atoms with Crippen LogP contribution >= 0.6 is 0 Å². The maximum atomic E-state index is 14.2. The van der Waals surface area contributed by atoms with Gasteiger partial charge in [-0.2, -0.15) is 32.9 Å². The van der Waals surface area contributed by atoms with Gasteiger partial charge in [0.05, 0.1) is 30.4 Å². The number of nitrogens with zero attached hydrogens (tertiary/aromatic N) is 7. The minimum Gasteiger partial charge on any atom is -0.475 e. The first kappa shape index (κ1) is 27.4. The van der Waals surface area contributed by atoms with Crippen LogP contribution in [0.4, 0.5) is 32.2 Å². The fraction of sp³-hybridized carbons (Fsp3) is 0.304. The highest BCUT2D eigenvalue weighted by molar-refractivity contribution is 5.89. The topological polar surface area (TPSA) is 137 Å². The summed E-state index contributed by atoms with van der Waals surface area (Å²) in [6, 6.07) is 4.29. The molecule has 4 aromatic rings. The lowest BCUT2D eigenvalue weighted by Crippen LogP contribution is -2.26. The molecule has 10 nitrogen and oxygen atoms in total. The summed E-state index contributed by atoms with van der Waals surface area (Å²) in [4.78, 5) is 25.5. The average molecular weight is 552 g/mol. The molecule has 0 unspecified atom stereocenters. The van der Waals surface area contributed by atoms with E-state index < -0.39 is 29.7 Å². The van der Waals surface area contributed by atoms with Gasteiger partial charge >= 0.3 is 12.1 Å². The highest BCUT2D eigenvalue weighted by Gasteiger charge is 2.38. The molecule has 5 rings (SSSR count). The monoisotopic (exact) mass is 552 g/mol. The van der Waals surface area contributed by atoms with Crippen LogP contribution in [-0.2, 0) is 4.79 Å². The van der Waals surface area contributed by atoms with Gasteiger partial charge in [0, 0.05) is 48.4 Å². The molecule has 5 heterocycles. The molecule has 4 aromatic heterocycles. The maximum absolute atomic E-state index is 14.2. The number of aromatic nitrogens is 6. The van der Waals surface area contributed by atoms with Crippen LogP contribution in [-0.4, -0.2) is 60.1 Å². The predicted octanol–water partition coefficient (Wildman–Crippen LogP) is 4.25. The fourth-order valence-corrected chi connectivity index (χ4v) is 4.26. The lowest BCUT2D eigenvalue weighted by atomic mass is 9.96. The quantitative estimate of drug-likeness (QED) is 0.277. The van der Waals surface area contributed by atoms with Crippen LogP contribution < -0.4 is 4.90 Å². The normalized spacial score (nSPS) is 16.0. The second kappa shape index (κ2) is 11.0. The van der Waals surface area contributed by atoms with Crippen LogP contribution in [0.3, 0.4) is 0 Å². The van der Waals surface area contributed by atoms with Gasteiger partial charge < -0.3 is 15.0 Å². The van der Waals surface area contributed by atoms with E-state index in [4.69, 9.17) is 9.90 Å². The van der Waals surface area contributed by atoms with Gasteiger partial charge in [-0.25, -0.2) is 23.5 Å². The molecule has 204 valence electrons. The maximum Gasteiger partial charge on any atom is 0.490 e. The predicted molar refractivity (Wildman–Crippen MR) is 122 cm³/mol. The highest BCUT2D eigenvalue weighted by atomic mass is 19.4. The van der Waals surface area contributed by atoms with E-state index >= 15 is 0 Å². The van der Waals surface area contributed by atoms with Crippen LogP contribution in [0, 0.1) is 34.8 Å². The van der Waals surface area contributed by atoms with Gasteiger partial charge in [-0.1, -0.05) is 0 Å². The van der Waals surface area contributed by atoms with E-state index in [1.807, 2.05) is 12.3 Å². The zero-order valence-electron chi connectivity index (χ0n) is 19.7. The summed E-state index contributed by atoms with van der Waals surface area (Å²) < 4.78 is 74.4. The van der Waals surface area contributed by atoms with Crippen molar-refractivity contribution in [1.82, 2.24) is 29.7 Å². The molecular formula is C23H18F6N8O2. The molecule has 1 fully saturated rings. The molecule has 1 aliphatic rings. The van der Waals surface area contributed by atoms with Crippen molar-refractivity contribution in [1.29, 1.82) is 5.26 Å². The molecule has 39 heavy (non-hydrogen) atoms. The lowest BCUT2D eigenvalue weighted by Gasteiger charge is -2.23. The summed E-state index contributed by atoms with van der Waals surface area (Å²) in [5, 5.41) is 21.8. The molecule has 2 atom stereocenters. The number of H-pyrrole nitrogens is 1. The lowest BCUT2D eigenvalue weighted by molar-refractivity contribution is -0.192. The number of nitrogens with one attached hydrogen (secondary N) is 1. The number of aliphatic carboxylic acids is 1. The first-order chi connectivity index (χ1) is 18.5. The van der Waals surface area contributed by atoms with Gasteiger partial charge in [-0.05, 0) is 12.5 Å². The third-order valence-corrected chi connectivity index (χ3v) is 6.05. The highest BCUT2D eigenvalue weighted by Crippen LogP contribution is 2.34. The SMILES string of the molecule is N#CC[C@@H]([C@H]1CCN(c2nc(F)c(F)cc2F)C1)n1cc(-c2ncnc3[nH]ccc23)cn1.O=C(O)C(F)(F)F. The van der Waals surface area contributed by atoms with E-state index in [9.17, 15) is 31.6 Å². The van der Waals surface area contributed by atoms with Crippen molar-refractivity contribution in [2.45, 2.75) is 25.1 Å². The number of pyridine rings is 1. The Hall–Kier alpha value is -4.68. The Bertz CT molecular complexity index is 1530. The number of nitriles is 1. The molecule has 2 N–H and O–H groups in total. The smallest absolute Gasteiger partial charge is 0.475 e. The standard InChI is InChI=1S/C21H17F3N8.C2HF3O2/c22-15-7-16(23)21(30-19(15)24)31-6-3-12(9-31)17(1-4-25)32-10-13(8-29-32)18-14-2-5-26-20(14)28-11-27-18;3-2(4,5)1(6)7/h2,5,7-8,10-12,17H,1,3,6,9H2,(H,26,27,28);(H,6,7)/t12-,17-;/m0./s1. The number of carboxylic acids is 1. The van der Waals surface area contributed by atoms with Crippen molar-refractivity contribution in [3.8, 4) is 17.3 Å². The van der Waals surface area contributed by atoms with Crippen molar-refractivity contribution in [2.24, 2.45) is 5.92 Å². The molecule has 0 bridgehead atoms. The van der Waals surface area contributed by atoms with Crippen molar-refractivity contribution < 1.29 is 36.2 Å². The Kier molecular flexibility index (Phi) is 7.70. The Morgan fingerprint density at radius 2 is 2.00 bits per heavy atom. The number of aromatic amines is 1. The molecule has 0 saturated carbocycles. The van der Waals surface area contributed by atoms with E-state index in [0.29, 0.717) is 31.2 Å². The van der Waals surface area contributed by atoms with Crippen LogP contribution in [0.1, 0.15) is 18.9 Å². The number of carbonyl (C=O) groups is 1. The molecule has 0 aliphatic carbocycles. The van der Waals surface area contributed by atoms with Crippen LogP contribution in [0.2, 0.25) is 0 Å². The van der Waals surface area contributed by atoms with Gasteiger partial charge in [0.2, 0.25) is 0 Å². The Labute approximate surface area is 215 Å². The first-order valence-corrected chi connectivity index (χ1v) is 11.3. The number of fused-ring (bicyclic) bond motifs is 1. The number of hydrogen-bond acceptors (Lipinski definition) is 7. The summed E-state index contributed by atoms with van der Waals surface area (Å²) in [6.45, 7) is 0.748. The van der Waals surface area contributed by atoms with E-state index in [0.717, 1.165) is 16.6 Å². The molecule has 0 radical (unpaired) electrons. The largest absolute Gasteiger partial charge is 0.490 e.